The topological polar surface area (TPSA) is 89.4 Å². The van der Waals surface area contributed by atoms with Gasteiger partial charge in [0, 0.05) is 11.5 Å². The van der Waals surface area contributed by atoms with Gasteiger partial charge in [0.2, 0.25) is 0 Å². The maximum atomic E-state index is 9.05. The van der Waals surface area contributed by atoms with E-state index < -0.39 is 11.6 Å². The molecule has 50 valence electrons. The normalized spacial score (nSPS) is 6.88. The summed E-state index contributed by atoms with van der Waals surface area (Å²) in [6, 6.07) is 0. The molecule has 0 bridgehead atoms. The highest BCUT2D eigenvalue weighted by atomic mass is 16.6. The molecule has 0 aromatic carbocycles. The highest BCUT2D eigenvalue weighted by Gasteiger charge is 1.76. The average molecular weight is 122 g/mol. The highest BCUT2D eigenvalue weighted by Crippen LogP contribution is 1.48. The second-order valence-electron chi connectivity index (χ2n) is 0.832. The van der Waals surface area contributed by atoms with E-state index >= 15 is 0 Å². The van der Waals surface area contributed by atoms with Crippen molar-refractivity contribution in [2.45, 2.75) is 6.92 Å². The van der Waals surface area contributed by atoms with Crippen LogP contribution in [0.3, 0.4) is 0 Å². The molecule has 0 heterocycles. The summed E-state index contributed by atoms with van der Waals surface area (Å²) >= 11 is 0. The molecule has 0 saturated carbocycles. The smallest absolute Gasteiger partial charge is 0.254 e. The van der Waals surface area contributed by atoms with E-state index in [9.17, 15) is 0 Å². The molecule has 0 aromatic heterocycles. The summed E-state index contributed by atoms with van der Waals surface area (Å²) in [6.07, 6.45) is 0. The van der Waals surface area contributed by atoms with Gasteiger partial charge in [-0.2, -0.15) is 0 Å². The first-order valence-corrected chi connectivity index (χ1v) is 2.11. The van der Waals surface area contributed by atoms with E-state index in [-0.39, 0.29) is 6.61 Å². The van der Waals surface area contributed by atoms with Gasteiger partial charge >= 0.3 is 0 Å². The van der Waals surface area contributed by atoms with Crippen LogP contribution >= 0.6 is 0 Å². The van der Waals surface area contributed by atoms with Crippen molar-refractivity contribution in [2.75, 3.05) is 13.3 Å². The number of hydrogen-bond acceptors (Lipinski definition) is 4. The summed E-state index contributed by atoms with van der Waals surface area (Å²) < 4.78 is 0. The minimum atomic E-state index is -0.597. The van der Waals surface area contributed by atoms with Crippen LogP contribution in [-0.4, -0.2) is 23.3 Å². The first kappa shape index (κ1) is 10.3. The van der Waals surface area contributed by atoms with Gasteiger partial charge in [-0.1, -0.05) is 0 Å². The molecule has 0 aromatic rings. The Balaban J connectivity index is 0. The van der Waals surface area contributed by atoms with Gasteiger partial charge < -0.3 is 5.11 Å². The molecular weight excluding hydrogens is 112 g/mol. The lowest BCUT2D eigenvalue weighted by molar-refractivity contribution is -0.478. The summed E-state index contributed by atoms with van der Waals surface area (Å²) in [5.41, 5.74) is 4.47. The zero-order chi connectivity index (χ0) is 6.99. The first-order chi connectivity index (χ1) is 3.68. The fourth-order valence-electron chi connectivity index (χ4n) is 0. The van der Waals surface area contributed by atoms with Crippen LogP contribution in [0.1, 0.15) is 6.92 Å². The number of nitrogens with zero attached hydrogens (tertiary/aromatic N) is 1. The summed E-state index contributed by atoms with van der Waals surface area (Å²) in [4.78, 5) is 8.45. The molecule has 0 saturated heterocycles. The van der Waals surface area contributed by atoms with Crippen molar-refractivity contribution in [3.63, 3.8) is 0 Å². The van der Waals surface area contributed by atoms with Crippen LogP contribution in [0.25, 0.3) is 0 Å². The summed E-state index contributed by atoms with van der Waals surface area (Å²) in [7, 11) is 0. The predicted molar refractivity (Wildman–Crippen MR) is 28.8 cm³/mol. The summed E-state index contributed by atoms with van der Waals surface area (Å²) in [6.45, 7) is 1.46. The second-order valence-corrected chi connectivity index (χ2v) is 0.832. The molecule has 0 aliphatic heterocycles. The van der Waals surface area contributed by atoms with E-state index in [4.69, 9.17) is 15.2 Å². The van der Waals surface area contributed by atoms with Gasteiger partial charge in [0.15, 0.2) is 0 Å². The SMILES string of the molecule is CCO.NC[N+](=O)[O-]. The van der Waals surface area contributed by atoms with Crippen LogP contribution in [0.2, 0.25) is 0 Å². The third-order valence-corrected chi connectivity index (χ3v) is 0.149. The summed E-state index contributed by atoms with van der Waals surface area (Å²) in [5.74, 6) is 0. The van der Waals surface area contributed by atoms with E-state index in [2.05, 4.69) is 5.73 Å². The number of rotatable bonds is 1. The Morgan fingerprint density at radius 3 is 2.00 bits per heavy atom. The van der Waals surface area contributed by atoms with Crippen molar-refractivity contribution in [3.05, 3.63) is 10.1 Å². The third-order valence-electron chi connectivity index (χ3n) is 0.149. The number of nitro groups is 1. The Morgan fingerprint density at radius 1 is 1.88 bits per heavy atom. The lowest BCUT2D eigenvalue weighted by atomic mass is 10.9. The van der Waals surface area contributed by atoms with Gasteiger partial charge in [0.05, 0.1) is 0 Å². The Hall–Kier alpha value is -0.680. The molecule has 0 atom stereocenters. The quantitative estimate of drug-likeness (QED) is 0.270. The first-order valence-electron chi connectivity index (χ1n) is 2.11. The molecule has 0 unspecified atom stereocenters. The Bertz CT molecular complexity index is 56.5. The molecule has 0 radical (unpaired) electrons. The molecule has 0 aliphatic rings. The zero-order valence-corrected chi connectivity index (χ0v) is 4.70. The Kier molecular flexibility index (Phi) is 12.4. The van der Waals surface area contributed by atoms with Crippen LogP contribution in [0.4, 0.5) is 0 Å². The largest absolute Gasteiger partial charge is 0.397 e. The average Bonchev–Trinajstić information content (AvgIpc) is 1.69. The number of hydrogen-bond donors (Lipinski definition) is 2. The number of nitrogens with two attached hydrogens (primary N) is 1. The van der Waals surface area contributed by atoms with Crippen LogP contribution in [-0.2, 0) is 0 Å². The summed E-state index contributed by atoms with van der Waals surface area (Å²) in [5, 5.41) is 16.6. The van der Waals surface area contributed by atoms with E-state index in [0.29, 0.717) is 0 Å². The Morgan fingerprint density at radius 2 is 2.00 bits per heavy atom. The van der Waals surface area contributed by atoms with Gasteiger partial charge in [0.25, 0.3) is 6.67 Å². The molecule has 0 amide bonds. The molecule has 0 spiro atoms. The van der Waals surface area contributed by atoms with Gasteiger partial charge in [-0.25, -0.2) is 0 Å². The minimum Gasteiger partial charge on any atom is -0.397 e. The van der Waals surface area contributed by atoms with Crippen molar-refractivity contribution < 1.29 is 10.0 Å². The monoisotopic (exact) mass is 122 g/mol. The second kappa shape index (κ2) is 9.58. The molecule has 5 nitrogen and oxygen atoms in total. The maximum Gasteiger partial charge on any atom is 0.254 e. The molecular formula is C3H10N2O3. The van der Waals surface area contributed by atoms with Crippen molar-refractivity contribution in [1.82, 2.24) is 0 Å². The molecule has 0 fully saturated rings. The maximum absolute atomic E-state index is 9.05. The van der Waals surface area contributed by atoms with Crippen LogP contribution in [0, 0.1) is 10.1 Å². The van der Waals surface area contributed by atoms with Gasteiger partial charge in [-0.05, 0) is 6.92 Å². The molecule has 3 N–H and O–H groups in total. The lowest BCUT2D eigenvalue weighted by Gasteiger charge is -1.74. The third kappa shape index (κ3) is 57.0. The lowest BCUT2D eigenvalue weighted by Crippen LogP contribution is -2.09. The van der Waals surface area contributed by atoms with Crippen LogP contribution in [0.5, 0.6) is 0 Å². The predicted octanol–water partition coefficient (Wildman–Crippen LogP) is -0.822. The number of aliphatic hydroxyl groups excluding tert-OH is 1. The molecule has 0 aliphatic carbocycles. The van der Waals surface area contributed by atoms with Gasteiger partial charge in [0.1, 0.15) is 0 Å². The Labute approximate surface area is 47.3 Å². The van der Waals surface area contributed by atoms with Crippen molar-refractivity contribution in [2.24, 2.45) is 5.73 Å². The minimum absolute atomic E-state index is 0.250. The van der Waals surface area contributed by atoms with E-state index in [1.54, 1.807) is 6.92 Å². The van der Waals surface area contributed by atoms with Crippen LogP contribution < -0.4 is 5.73 Å². The number of aliphatic hydroxyl groups is 1. The molecule has 0 rings (SSSR count). The fourth-order valence-corrected chi connectivity index (χ4v) is 0. The zero-order valence-electron chi connectivity index (χ0n) is 4.70. The molecule has 8 heavy (non-hydrogen) atoms. The van der Waals surface area contributed by atoms with Gasteiger partial charge in [-0.3, -0.25) is 15.8 Å². The van der Waals surface area contributed by atoms with E-state index in [1.165, 1.54) is 0 Å². The van der Waals surface area contributed by atoms with E-state index in [1.807, 2.05) is 0 Å². The van der Waals surface area contributed by atoms with Crippen molar-refractivity contribution in [3.8, 4) is 0 Å². The van der Waals surface area contributed by atoms with Gasteiger partial charge in [-0.15, -0.1) is 0 Å². The molecule has 5 heteroatoms. The van der Waals surface area contributed by atoms with Crippen molar-refractivity contribution >= 4 is 0 Å². The standard InChI is InChI=1S/C2H6O.CH4N2O2/c1-2-3;2-1-3(4)5/h3H,2H2,1H3;1-2H2. The van der Waals surface area contributed by atoms with Crippen molar-refractivity contribution in [1.29, 1.82) is 0 Å². The van der Waals surface area contributed by atoms with E-state index in [0.717, 1.165) is 0 Å². The fraction of sp³-hybridized carbons (Fsp3) is 1.00. The van der Waals surface area contributed by atoms with Crippen LogP contribution in [0.15, 0.2) is 0 Å². The highest BCUT2D eigenvalue weighted by molar-refractivity contribution is 4.02.